The molecule has 0 bridgehead atoms. The molecule has 1 aliphatic rings. The summed E-state index contributed by atoms with van der Waals surface area (Å²) in [6.45, 7) is 5.84. The Hall–Kier alpha value is -0.860. The van der Waals surface area contributed by atoms with Gasteiger partial charge in [0.15, 0.2) is 0 Å². The van der Waals surface area contributed by atoms with Gasteiger partial charge in [-0.15, -0.1) is 0 Å². The van der Waals surface area contributed by atoms with Gasteiger partial charge in [0.1, 0.15) is 0 Å². The topological polar surface area (TPSA) is 21.3 Å². The Kier molecular flexibility index (Phi) is 5.69. The zero-order chi connectivity index (χ0) is 12.6. The van der Waals surface area contributed by atoms with Crippen molar-refractivity contribution in [2.45, 2.75) is 45.1 Å². The summed E-state index contributed by atoms with van der Waals surface area (Å²) in [6, 6.07) is 8.83. The van der Waals surface area contributed by atoms with Crippen molar-refractivity contribution in [3.63, 3.8) is 0 Å². The Labute approximate surface area is 111 Å². The Morgan fingerprint density at radius 3 is 2.83 bits per heavy atom. The Morgan fingerprint density at radius 1 is 1.22 bits per heavy atom. The lowest BCUT2D eigenvalue weighted by molar-refractivity contribution is 0.133. The lowest BCUT2D eigenvalue weighted by atomic mass is 10.0. The highest BCUT2D eigenvalue weighted by Gasteiger charge is 2.25. The first-order valence-electron chi connectivity index (χ1n) is 7.28. The fourth-order valence-corrected chi connectivity index (χ4v) is 2.20. The normalized spacial score (nSPS) is 14.9. The molecule has 1 aliphatic carbocycles. The largest absolute Gasteiger partial charge is 0.380 e. The second-order valence-corrected chi connectivity index (χ2v) is 5.12. The van der Waals surface area contributed by atoms with Gasteiger partial charge in [0.05, 0.1) is 6.61 Å². The predicted octanol–water partition coefficient (Wildman–Crippen LogP) is 3.47. The van der Waals surface area contributed by atoms with Gasteiger partial charge in [0.2, 0.25) is 0 Å². The van der Waals surface area contributed by atoms with Crippen LogP contribution in [-0.4, -0.2) is 19.8 Å². The number of unbranched alkanes of at least 4 members (excludes halogenated alkanes) is 1. The summed E-state index contributed by atoms with van der Waals surface area (Å²) >= 11 is 0. The van der Waals surface area contributed by atoms with Crippen molar-refractivity contribution in [2.24, 2.45) is 0 Å². The van der Waals surface area contributed by atoms with Gasteiger partial charge in [-0.3, -0.25) is 0 Å². The highest BCUT2D eigenvalue weighted by atomic mass is 16.5. The average molecular weight is 247 g/mol. The van der Waals surface area contributed by atoms with Crippen LogP contribution >= 0.6 is 0 Å². The van der Waals surface area contributed by atoms with Gasteiger partial charge in [0, 0.05) is 19.7 Å². The van der Waals surface area contributed by atoms with Gasteiger partial charge in [-0.2, -0.15) is 0 Å². The zero-order valence-corrected chi connectivity index (χ0v) is 11.5. The van der Waals surface area contributed by atoms with Crippen LogP contribution in [0.4, 0.5) is 0 Å². The Morgan fingerprint density at radius 2 is 2.06 bits per heavy atom. The number of benzene rings is 1. The Bertz CT molecular complexity index is 347. The fourth-order valence-electron chi connectivity index (χ4n) is 2.20. The quantitative estimate of drug-likeness (QED) is 0.675. The van der Waals surface area contributed by atoms with Crippen LogP contribution in [-0.2, 0) is 11.3 Å². The highest BCUT2D eigenvalue weighted by molar-refractivity contribution is 5.33. The number of ether oxygens (including phenoxy) is 1. The average Bonchev–Trinajstić information content (AvgIpc) is 3.22. The molecule has 0 aliphatic heterocycles. The van der Waals surface area contributed by atoms with Gasteiger partial charge >= 0.3 is 0 Å². The molecular formula is C16H25NO. The van der Waals surface area contributed by atoms with Gasteiger partial charge < -0.3 is 10.1 Å². The molecule has 0 spiro atoms. The van der Waals surface area contributed by atoms with Gasteiger partial charge in [0.25, 0.3) is 0 Å². The molecule has 1 fully saturated rings. The van der Waals surface area contributed by atoms with E-state index in [-0.39, 0.29) is 0 Å². The first-order valence-corrected chi connectivity index (χ1v) is 7.28. The number of rotatable bonds is 9. The fraction of sp³-hybridized carbons (Fsp3) is 0.625. The summed E-state index contributed by atoms with van der Waals surface area (Å²) in [7, 11) is 0. The van der Waals surface area contributed by atoms with E-state index in [0.29, 0.717) is 0 Å². The van der Waals surface area contributed by atoms with Crippen LogP contribution < -0.4 is 5.32 Å². The minimum absolute atomic E-state index is 0.825. The van der Waals surface area contributed by atoms with Crippen molar-refractivity contribution in [1.29, 1.82) is 0 Å². The van der Waals surface area contributed by atoms with Gasteiger partial charge in [-0.25, -0.2) is 0 Å². The smallest absolute Gasteiger partial charge is 0.0591 e. The van der Waals surface area contributed by atoms with Gasteiger partial charge in [-0.05, 0) is 36.3 Å². The molecule has 0 saturated heterocycles. The van der Waals surface area contributed by atoms with Crippen LogP contribution in [0.15, 0.2) is 24.3 Å². The molecule has 1 N–H and O–H groups in total. The van der Waals surface area contributed by atoms with Crippen molar-refractivity contribution in [1.82, 2.24) is 5.32 Å². The van der Waals surface area contributed by atoms with Crippen molar-refractivity contribution in [3.8, 4) is 0 Å². The molecule has 1 aromatic rings. The van der Waals surface area contributed by atoms with Crippen molar-refractivity contribution >= 4 is 0 Å². The number of hydrogen-bond donors (Lipinski definition) is 1. The maximum absolute atomic E-state index is 5.54. The first-order chi connectivity index (χ1) is 8.92. The summed E-state index contributed by atoms with van der Waals surface area (Å²) in [6.07, 6.45) is 5.13. The highest BCUT2D eigenvalue weighted by Crippen LogP contribution is 2.41. The minimum atomic E-state index is 0.825. The summed E-state index contributed by atoms with van der Waals surface area (Å²) in [5, 5.41) is 3.48. The van der Waals surface area contributed by atoms with Gasteiger partial charge in [-0.1, -0.05) is 37.6 Å². The molecular weight excluding hydrogens is 222 g/mol. The van der Waals surface area contributed by atoms with E-state index in [9.17, 15) is 0 Å². The number of nitrogens with one attached hydrogen (secondary N) is 1. The molecule has 0 aromatic heterocycles. The molecule has 0 atom stereocenters. The molecule has 0 amide bonds. The van der Waals surface area contributed by atoms with Crippen LogP contribution in [0.3, 0.4) is 0 Å². The third-order valence-corrected chi connectivity index (χ3v) is 3.45. The summed E-state index contributed by atoms with van der Waals surface area (Å²) < 4.78 is 5.54. The van der Waals surface area contributed by atoms with Crippen LogP contribution in [0.5, 0.6) is 0 Å². The van der Waals surface area contributed by atoms with E-state index < -0.39 is 0 Å². The summed E-state index contributed by atoms with van der Waals surface area (Å²) in [5.41, 5.74) is 3.02. The van der Waals surface area contributed by atoms with Crippen LogP contribution in [0.2, 0.25) is 0 Å². The maximum Gasteiger partial charge on any atom is 0.0591 e. The van der Waals surface area contributed by atoms with Crippen LogP contribution in [0, 0.1) is 0 Å². The van der Waals surface area contributed by atoms with Crippen molar-refractivity contribution in [3.05, 3.63) is 35.4 Å². The van der Waals surface area contributed by atoms with Crippen molar-refractivity contribution in [2.75, 3.05) is 19.8 Å². The molecule has 1 aromatic carbocycles. The summed E-state index contributed by atoms with van der Waals surface area (Å²) in [5.74, 6) is 0.837. The molecule has 2 nitrogen and oxygen atoms in total. The maximum atomic E-state index is 5.54. The molecule has 100 valence electrons. The third kappa shape index (κ3) is 4.43. The Balaban J connectivity index is 1.64. The minimum Gasteiger partial charge on any atom is -0.380 e. The second-order valence-electron chi connectivity index (χ2n) is 5.12. The molecule has 1 saturated carbocycles. The summed E-state index contributed by atoms with van der Waals surface area (Å²) in [4.78, 5) is 0. The SMILES string of the molecule is CCCCOCCNCc1ccccc1C1CC1. The van der Waals surface area contributed by atoms with E-state index in [2.05, 4.69) is 36.5 Å². The molecule has 0 radical (unpaired) electrons. The standard InChI is InChI=1S/C16H25NO/c1-2-3-11-18-12-10-17-13-15-6-4-5-7-16(15)14-8-9-14/h4-7,14,17H,2-3,8-13H2,1H3. The van der Waals surface area contributed by atoms with Crippen molar-refractivity contribution < 1.29 is 4.74 Å². The van der Waals surface area contributed by atoms with E-state index in [0.717, 1.165) is 32.2 Å². The first kappa shape index (κ1) is 13.6. The van der Waals surface area contributed by atoms with E-state index in [4.69, 9.17) is 4.74 Å². The van der Waals surface area contributed by atoms with E-state index in [1.807, 2.05) is 0 Å². The van der Waals surface area contributed by atoms with E-state index >= 15 is 0 Å². The third-order valence-electron chi connectivity index (χ3n) is 3.45. The van der Waals surface area contributed by atoms with Crippen LogP contribution in [0.25, 0.3) is 0 Å². The molecule has 0 heterocycles. The zero-order valence-electron chi connectivity index (χ0n) is 11.5. The van der Waals surface area contributed by atoms with E-state index in [1.54, 1.807) is 5.56 Å². The molecule has 18 heavy (non-hydrogen) atoms. The second kappa shape index (κ2) is 7.55. The molecule has 2 heteroatoms. The van der Waals surface area contributed by atoms with E-state index in [1.165, 1.54) is 31.2 Å². The number of hydrogen-bond acceptors (Lipinski definition) is 2. The lowest BCUT2D eigenvalue weighted by Gasteiger charge is -2.10. The van der Waals surface area contributed by atoms with Crippen LogP contribution in [0.1, 0.15) is 49.7 Å². The monoisotopic (exact) mass is 247 g/mol. The molecule has 2 rings (SSSR count). The lowest BCUT2D eigenvalue weighted by Crippen LogP contribution is -2.20. The predicted molar refractivity (Wildman–Crippen MR) is 75.9 cm³/mol. The molecule has 0 unspecified atom stereocenters.